The summed E-state index contributed by atoms with van der Waals surface area (Å²) in [5.74, 6) is 0. The Bertz CT molecular complexity index is 528. The first-order valence-electron chi connectivity index (χ1n) is 4.83. The zero-order valence-electron chi connectivity index (χ0n) is 8.71. The van der Waals surface area contributed by atoms with Crippen molar-refractivity contribution in [1.82, 2.24) is 0 Å². The zero-order chi connectivity index (χ0) is 11.5. The summed E-state index contributed by atoms with van der Waals surface area (Å²) in [5.41, 5.74) is 2.37. The monoisotopic (exact) mass is 312 g/mol. The molecule has 0 saturated carbocycles. The fourth-order valence-corrected chi connectivity index (χ4v) is 2.86. The Morgan fingerprint density at radius 1 is 1.25 bits per heavy atom. The molecule has 0 saturated heterocycles. The van der Waals surface area contributed by atoms with Crippen molar-refractivity contribution >= 4 is 51.0 Å². The molecular weight excluding hydrogens is 304 g/mol. The highest BCUT2D eigenvalue weighted by Gasteiger charge is 1.97. The fourth-order valence-electron chi connectivity index (χ4n) is 1.37. The third-order valence-corrected chi connectivity index (χ3v) is 3.97. The Labute approximate surface area is 113 Å². The van der Waals surface area contributed by atoms with Gasteiger partial charge in [-0.05, 0) is 41.6 Å². The van der Waals surface area contributed by atoms with E-state index in [2.05, 4.69) is 46.5 Å². The highest BCUT2D eigenvalue weighted by Crippen LogP contribution is 2.24. The first-order valence-corrected chi connectivity index (χ1v) is 6.88. The Balaban J connectivity index is 2.23. The third kappa shape index (κ3) is 2.97. The van der Waals surface area contributed by atoms with E-state index < -0.39 is 0 Å². The lowest BCUT2D eigenvalue weighted by molar-refractivity contribution is 1.60. The van der Waals surface area contributed by atoms with Gasteiger partial charge in [-0.25, -0.2) is 0 Å². The van der Waals surface area contributed by atoms with Gasteiger partial charge in [-0.1, -0.05) is 45.7 Å². The van der Waals surface area contributed by atoms with Gasteiger partial charge in [0.25, 0.3) is 0 Å². The minimum absolute atomic E-state index is 0.746. The molecule has 0 aliphatic heterocycles. The molecule has 82 valence electrons. The van der Waals surface area contributed by atoms with Gasteiger partial charge in [0.1, 0.15) is 0 Å². The summed E-state index contributed by atoms with van der Waals surface area (Å²) in [6.45, 7) is 2.11. The van der Waals surface area contributed by atoms with Crippen molar-refractivity contribution < 1.29 is 0 Å². The number of halogens is 2. The highest BCUT2D eigenvalue weighted by atomic mass is 79.9. The van der Waals surface area contributed by atoms with Gasteiger partial charge < -0.3 is 0 Å². The molecule has 0 nitrogen and oxygen atoms in total. The molecule has 0 bridgehead atoms. The molecule has 2 aromatic rings. The van der Waals surface area contributed by atoms with Crippen molar-refractivity contribution in [2.24, 2.45) is 0 Å². The standard InChI is InChI=1S/C13H10BrClS/c1-9-6-10(8-16-9)2-3-11-4-5-12(15)7-13(11)14/h2-8H,1H3. The molecule has 0 fully saturated rings. The second kappa shape index (κ2) is 5.17. The van der Waals surface area contributed by atoms with Gasteiger partial charge in [-0.3, -0.25) is 0 Å². The van der Waals surface area contributed by atoms with Crippen molar-refractivity contribution in [2.75, 3.05) is 0 Å². The van der Waals surface area contributed by atoms with Crippen molar-refractivity contribution in [1.29, 1.82) is 0 Å². The summed E-state index contributed by atoms with van der Waals surface area (Å²) >= 11 is 11.1. The van der Waals surface area contributed by atoms with E-state index in [4.69, 9.17) is 11.6 Å². The van der Waals surface area contributed by atoms with Gasteiger partial charge >= 0.3 is 0 Å². The summed E-state index contributed by atoms with van der Waals surface area (Å²) in [4.78, 5) is 1.33. The predicted octanol–water partition coefficient (Wildman–Crippen LogP) is 5.64. The molecule has 1 aromatic heterocycles. The molecule has 0 unspecified atom stereocenters. The van der Waals surface area contributed by atoms with E-state index in [0.29, 0.717) is 0 Å². The molecule has 0 N–H and O–H groups in total. The maximum absolute atomic E-state index is 5.89. The molecular formula is C13H10BrClS. The van der Waals surface area contributed by atoms with E-state index in [0.717, 1.165) is 15.1 Å². The SMILES string of the molecule is Cc1cc(C=Cc2ccc(Cl)cc2Br)cs1. The quantitative estimate of drug-likeness (QED) is 0.672. The molecule has 0 spiro atoms. The molecule has 0 radical (unpaired) electrons. The van der Waals surface area contributed by atoms with E-state index in [9.17, 15) is 0 Å². The summed E-state index contributed by atoms with van der Waals surface area (Å²) in [5, 5.41) is 2.89. The normalized spacial score (nSPS) is 11.2. The lowest BCUT2D eigenvalue weighted by Gasteiger charge is -1.98. The summed E-state index contributed by atoms with van der Waals surface area (Å²) in [6, 6.07) is 7.97. The minimum atomic E-state index is 0.746. The topological polar surface area (TPSA) is 0 Å². The lowest BCUT2D eigenvalue weighted by Crippen LogP contribution is -1.75. The Morgan fingerprint density at radius 2 is 2.06 bits per heavy atom. The Hall–Kier alpha value is -0.570. The lowest BCUT2D eigenvalue weighted by atomic mass is 10.2. The van der Waals surface area contributed by atoms with Crippen molar-refractivity contribution in [2.45, 2.75) is 6.92 Å². The van der Waals surface area contributed by atoms with Crippen LogP contribution in [0, 0.1) is 6.92 Å². The molecule has 2 rings (SSSR count). The average molecular weight is 314 g/mol. The number of hydrogen-bond donors (Lipinski definition) is 0. The molecule has 16 heavy (non-hydrogen) atoms. The van der Waals surface area contributed by atoms with Crippen LogP contribution < -0.4 is 0 Å². The van der Waals surface area contributed by atoms with Gasteiger partial charge in [-0.2, -0.15) is 0 Å². The van der Waals surface area contributed by atoms with E-state index in [-0.39, 0.29) is 0 Å². The predicted molar refractivity (Wildman–Crippen MR) is 77.1 cm³/mol. The van der Waals surface area contributed by atoms with Gasteiger partial charge in [0.2, 0.25) is 0 Å². The number of rotatable bonds is 2. The van der Waals surface area contributed by atoms with Gasteiger partial charge in [-0.15, -0.1) is 11.3 Å². The van der Waals surface area contributed by atoms with Crippen LogP contribution in [0.25, 0.3) is 12.2 Å². The van der Waals surface area contributed by atoms with Crippen LogP contribution in [-0.4, -0.2) is 0 Å². The van der Waals surface area contributed by atoms with Crippen LogP contribution in [-0.2, 0) is 0 Å². The maximum Gasteiger partial charge on any atom is 0.0417 e. The smallest absolute Gasteiger partial charge is 0.0417 e. The number of thiophene rings is 1. The number of hydrogen-bond acceptors (Lipinski definition) is 1. The summed E-state index contributed by atoms with van der Waals surface area (Å²) in [6.07, 6.45) is 4.19. The minimum Gasteiger partial charge on any atom is -0.149 e. The highest BCUT2D eigenvalue weighted by molar-refractivity contribution is 9.10. The first kappa shape index (κ1) is 11.9. The van der Waals surface area contributed by atoms with E-state index in [1.807, 2.05) is 18.2 Å². The van der Waals surface area contributed by atoms with Crippen LogP contribution in [0.3, 0.4) is 0 Å². The second-order valence-electron chi connectivity index (χ2n) is 3.49. The van der Waals surface area contributed by atoms with Crippen molar-refractivity contribution in [3.05, 3.63) is 55.1 Å². The van der Waals surface area contributed by atoms with E-state index >= 15 is 0 Å². The van der Waals surface area contributed by atoms with Crippen LogP contribution in [0.2, 0.25) is 5.02 Å². The average Bonchev–Trinajstić information content (AvgIpc) is 2.63. The molecule has 0 atom stereocenters. The van der Waals surface area contributed by atoms with Crippen LogP contribution in [0.1, 0.15) is 16.0 Å². The Kier molecular flexibility index (Phi) is 3.85. The van der Waals surface area contributed by atoms with Gasteiger partial charge in [0.15, 0.2) is 0 Å². The Morgan fingerprint density at radius 3 is 2.69 bits per heavy atom. The van der Waals surface area contributed by atoms with Crippen LogP contribution >= 0.6 is 38.9 Å². The van der Waals surface area contributed by atoms with Crippen molar-refractivity contribution in [3.8, 4) is 0 Å². The molecule has 0 aliphatic rings. The largest absolute Gasteiger partial charge is 0.149 e. The fraction of sp³-hybridized carbons (Fsp3) is 0.0769. The summed E-state index contributed by atoms with van der Waals surface area (Å²) in [7, 11) is 0. The molecule has 0 aliphatic carbocycles. The maximum atomic E-state index is 5.89. The number of benzene rings is 1. The zero-order valence-corrected chi connectivity index (χ0v) is 11.9. The third-order valence-electron chi connectivity index (χ3n) is 2.17. The summed E-state index contributed by atoms with van der Waals surface area (Å²) < 4.78 is 1.02. The molecule has 1 aromatic carbocycles. The van der Waals surface area contributed by atoms with Crippen molar-refractivity contribution in [3.63, 3.8) is 0 Å². The number of aryl methyl sites for hydroxylation is 1. The van der Waals surface area contributed by atoms with Crippen LogP contribution in [0.15, 0.2) is 34.1 Å². The van der Waals surface area contributed by atoms with Crippen LogP contribution in [0.4, 0.5) is 0 Å². The molecule has 1 heterocycles. The second-order valence-corrected chi connectivity index (χ2v) is 5.90. The van der Waals surface area contributed by atoms with E-state index in [1.165, 1.54) is 10.4 Å². The van der Waals surface area contributed by atoms with Gasteiger partial charge in [0, 0.05) is 14.4 Å². The molecule has 0 amide bonds. The molecule has 3 heteroatoms. The van der Waals surface area contributed by atoms with Gasteiger partial charge in [0.05, 0.1) is 0 Å². The first-order chi connectivity index (χ1) is 7.65. The van der Waals surface area contributed by atoms with Crippen LogP contribution in [0.5, 0.6) is 0 Å². The van der Waals surface area contributed by atoms with E-state index in [1.54, 1.807) is 11.3 Å².